The van der Waals surface area contributed by atoms with E-state index in [1.807, 2.05) is 31.2 Å². The molecule has 0 spiro atoms. The van der Waals surface area contributed by atoms with Crippen LogP contribution >= 0.6 is 0 Å². The normalized spacial score (nSPS) is 15.9. The number of rotatable bonds is 5. The number of aromatic nitrogens is 1. The van der Waals surface area contributed by atoms with E-state index in [1.54, 1.807) is 11.1 Å². The van der Waals surface area contributed by atoms with Crippen LogP contribution in [-0.2, 0) is 17.4 Å². The highest BCUT2D eigenvalue weighted by molar-refractivity contribution is 5.94. The minimum atomic E-state index is -4.51. The van der Waals surface area contributed by atoms with E-state index in [2.05, 4.69) is 10.3 Å². The molecule has 3 aromatic rings. The largest absolute Gasteiger partial charge is 0.418 e. The van der Waals surface area contributed by atoms with Crippen molar-refractivity contribution in [3.8, 4) is 0 Å². The van der Waals surface area contributed by atoms with E-state index in [4.69, 9.17) is 0 Å². The molecule has 10 heteroatoms. The zero-order valence-electron chi connectivity index (χ0n) is 18.4. The fourth-order valence-corrected chi connectivity index (χ4v) is 4.68. The first-order valence-corrected chi connectivity index (χ1v) is 11.0. The summed E-state index contributed by atoms with van der Waals surface area (Å²) in [5, 5.41) is 6.31. The van der Waals surface area contributed by atoms with E-state index >= 15 is 0 Å². The zero-order chi connectivity index (χ0) is 24.0. The Labute approximate surface area is 193 Å². The molecule has 2 aliphatic rings. The number of carbonyl (C=O) groups is 1. The lowest BCUT2D eigenvalue weighted by Crippen LogP contribution is -2.47. The van der Waals surface area contributed by atoms with Gasteiger partial charge in [-0.25, -0.2) is 5.01 Å². The molecule has 1 amide bonds. The van der Waals surface area contributed by atoms with Crippen molar-refractivity contribution < 1.29 is 18.0 Å². The smallest absolute Gasteiger partial charge is 0.342 e. The van der Waals surface area contributed by atoms with Crippen LogP contribution < -0.4 is 5.01 Å². The number of aryl methyl sites for hydroxylation is 1. The highest BCUT2D eigenvalue weighted by atomic mass is 19.4. The second-order valence-electron chi connectivity index (χ2n) is 8.65. The Morgan fingerprint density at radius 3 is 2.65 bits per heavy atom. The number of likely N-dealkylation sites (tertiary alicyclic amines) is 1. The minimum Gasteiger partial charge on any atom is -0.342 e. The molecule has 5 rings (SSSR count). The van der Waals surface area contributed by atoms with E-state index in [1.165, 1.54) is 17.1 Å². The molecular formula is C24H22F3N5O2. The number of nitrogens with zero attached hydrogens (tertiary/aromatic N) is 5. The summed E-state index contributed by atoms with van der Waals surface area (Å²) >= 11 is 0. The molecule has 3 heterocycles. The third-order valence-electron chi connectivity index (χ3n) is 6.54. The van der Waals surface area contributed by atoms with Crippen LogP contribution in [0.25, 0.3) is 10.9 Å². The second kappa shape index (κ2) is 8.27. The van der Waals surface area contributed by atoms with Gasteiger partial charge in [0.05, 0.1) is 34.5 Å². The third-order valence-corrected chi connectivity index (χ3v) is 6.54. The Kier molecular flexibility index (Phi) is 5.38. The quantitative estimate of drug-likeness (QED) is 0.294. The number of hydrogen-bond acceptors (Lipinski definition) is 5. The highest BCUT2D eigenvalue weighted by Crippen LogP contribution is 2.56. The van der Waals surface area contributed by atoms with Gasteiger partial charge in [-0.3, -0.25) is 9.78 Å². The molecule has 0 unspecified atom stereocenters. The first kappa shape index (κ1) is 22.1. The zero-order valence-corrected chi connectivity index (χ0v) is 18.4. The Bertz CT molecular complexity index is 1270. The number of nitroso groups, excluding NO2 is 1. The van der Waals surface area contributed by atoms with E-state index < -0.39 is 11.7 Å². The molecule has 0 saturated carbocycles. The molecule has 7 nitrogen and oxygen atoms in total. The van der Waals surface area contributed by atoms with Gasteiger partial charge in [0.2, 0.25) is 5.91 Å². The van der Waals surface area contributed by atoms with Gasteiger partial charge in [0.15, 0.2) is 0 Å². The summed E-state index contributed by atoms with van der Waals surface area (Å²) in [6.45, 7) is 2.76. The lowest BCUT2D eigenvalue weighted by Gasteiger charge is -2.36. The minimum absolute atomic E-state index is 0.0234. The number of alkyl halides is 3. The molecule has 34 heavy (non-hydrogen) atoms. The van der Waals surface area contributed by atoms with Crippen molar-refractivity contribution in [1.82, 2.24) is 15.0 Å². The second-order valence-corrected chi connectivity index (χ2v) is 8.65. The predicted molar refractivity (Wildman–Crippen MR) is 121 cm³/mol. The van der Waals surface area contributed by atoms with E-state index in [-0.39, 0.29) is 24.1 Å². The number of anilines is 2. The molecule has 1 fully saturated rings. The molecule has 1 aromatic heterocycles. The maximum absolute atomic E-state index is 13.3. The van der Waals surface area contributed by atoms with Gasteiger partial charge in [-0.15, -0.1) is 4.91 Å². The Morgan fingerprint density at radius 2 is 1.94 bits per heavy atom. The highest BCUT2D eigenvalue weighted by Gasteiger charge is 2.48. The summed E-state index contributed by atoms with van der Waals surface area (Å²) in [4.78, 5) is 30.6. The number of pyridine rings is 1. The first-order valence-electron chi connectivity index (χ1n) is 11.0. The summed E-state index contributed by atoms with van der Waals surface area (Å²) in [6, 6.07) is 11.2. The van der Waals surface area contributed by atoms with Crippen molar-refractivity contribution in [3.63, 3.8) is 0 Å². The van der Waals surface area contributed by atoms with Crippen LogP contribution in [0.3, 0.4) is 0 Å². The average Bonchev–Trinajstić information content (AvgIpc) is 3.54. The Hall–Kier alpha value is -3.69. The number of para-hydroxylation sites is 1. The fraction of sp³-hybridized carbons (Fsp3) is 0.333. The van der Waals surface area contributed by atoms with Crippen LogP contribution in [-0.4, -0.2) is 40.0 Å². The average molecular weight is 469 g/mol. The van der Waals surface area contributed by atoms with Crippen molar-refractivity contribution in [2.75, 3.05) is 18.1 Å². The third kappa shape index (κ3) is 3.93. The maximum atomic E-state index is 13.3. The van der Waals surface area contributed by atoms with Crippen LogP contribution in [0.2, 0.25) is 0 Å². The van der Waals surface area contributed by atoms with Gasteiger partial charge in [-0.05, 0) is 61.2 Å². The number of carbonyl (C=O) groups excluding carboxylic acids is 1. The molecule has 0 atom stereocenters. The SMILES string of the molecule is Cc1cc2ncccc2cc1CC(=O)N1CCC(N(N=O)N2c3cccc(C(F)(F)F)c32)CC1. The van der Waals surface area contributed by atoms with Crippen LogP contribution in [0.15, 0.2) is 53.9 Å². The topological polar surface area (TPSA) is 68.9 Å². The van der Waals surface area contributed by atoms with Gasteiger partial charge < -0.3 is 4.90 Å². The summed E-state index contributed by atoms with van der Waals surface area (Å²) in [7, 11) is 0. The van der Waals surface area contributed by atoms with Gasteiger partial charge in [0, 0.05) is 24.7 Å². The molecule has 0 radical (unpaired) electrons. The molecule has 1 saturated heterocycles. The lowest BCUT2D eigenvalue weighted by molar-refractivity contribution is -0.137. The monoisotopic (exact) mass is 469 g/mol. The van der Waals surface area contributed by atoms with Crippen LogP contribution in [0.5, 0.6) is 0 Å². The van der Waals surface area contributed by atoms with E-state index in [0.29, 0.717) is 31.6 Å². The van der Waals surface area contributed by atoms with E-state index in [9.17, 15) is 22.9 Å². The van der Waals surface area contributed by atoms with Crippen molar-refractivity contribution in [3.05, 3.63) is 70.3 Å². The van der Waals surface area contributed by atoms with Crippen LogP contribution in [0.4, 0.5) is 24.5 Å². The molecule has 0 aliphatic carbocycles. The Balaban J connectivity index is 1.23. The van der Waals surface area contributed by atoms with Crippen molar-refractivity contribution in [1.29, 1.82) is 0 Å². The fourth-order valence-electron chi connectivity index (χ4n) is 4.68. The molecule has 2 aromatic carbocycles. The molecule has 0 N–H and O–H groups in total. The Morgan fingerprint density at radius 1 is 1.18 bits per heavy atom. The number of hydrazine groups is 1. The first-order chi connectivity index (χ1) is 16.3. The standard InChI is InChI=1S/C24H22F3N5O2/c1-15-12-20-16(4-3-9-28-20)13-17(15)14-22(33)30-10-7-18(8-11-30)32(29-34)31-21-6-2-5-19(23(21)31)24(25,26)27/h2-6,9,12-13,18H,7-8,10-11,14H2,1H3. The lowest BCUT2D eigenvalue weighted by atomic mass is 10.00. The van der Waals surface area contributed by atoms with Crippen LogP contribution in [0.1, 0.15) is 29.5 Å². The molecular weight excluding hydrogens is 447 g/mol. The number of fused-ring (bicyclic) bond motifs is 2. The number of hydrogen-bond donors (Lipinski definition) is 0. The molecule has 176 valence electrons. The summed E-state index contributed by atoms with van der Waals surface area (Å²) in [5.41, 5.74) is 2.31. The van der Waals surface area contributed by atoms with Gasteiger partial charge in [-0.1, -0.05) is 12.1 Å². The number of piperidine rings is 1. The van der Waals surface area contributed by atoms with E-state index in [0.717, 1.165) is 33.2 Å². The summed E-state index contributed by atoms with van der Waals surface area (Å²) < 4.78 is 39.9. The van der Waals surface area contributed by atoms with Gasteiger partial charge >= 0.3 is 6.18 Å². The number of benzene rings is 2. The summed E-state index contributed by atoms with van der Waals surface area (Å²) in [6.07, 6.45) is -1.66. The van der Waals surface area contributed by atoms with Crippen LogP contribution in [0, 0.1) is 11.8 Å². The van der Waals surface area contributed by atoms with Crippen molar-refractivity contribution >= 4 is 28.2 Å². The molecule has 2 aliphatic heterocycles. The molecule has 0 bridgehead atoms. The van der Waals surface area contributed by atoms with Gasteiger partial charge in [0.25, 0.3) is 0 Å². The van der Waals surface area contributed by atoms with Crippen molar-refractivity contribution in [2.45, 2.75) is 38.4 Å². The van der Waals surface area contributed by atoms with Gasteiger partial charge in [-0.2, -0.15) is 18.3 Å². The van der Waals surface area contributed by atoms with Crippen molar-refractivity contribution in [2.24, 2.45) is 5.29 Å². The summed E-state index contributed by atoms with van der Waals surface area (Å²) in [5.74, 6) is -0.0234. The number of amides is 1. The predicted octanol–water partition coefficient (Wildman–Crippen LogP) is 5.15. The maximum Gasteiger partial charge on any atom is 0.418 e. The number of halogens is 3. The van der Waals surface area contributed by atoms with Gasteiger partial charge in [0.1, 0.15) is 5.69 Å².